The molecule has 2 N–H and O–H groups in total. The summed E-state index contributed by atoms with van der Waals surface area (Å²) in [5.74, 6) is -0.488. The zero-order valence-corrected chi connectivity index (χ0v) is 7.42. The van der Waals surface area contributed by atoms with Crippen molar-refractivity contribution in [1.82, 2.24) is 0 Å². The molecular formula is C9H9N4O. The fourth-order valence-corrected chi connectivity index (χ4v) is 1.08. The van der Waals surface area contributed by atoms with Gasteiger partial charge in [-0.2, -0.15) is 0 Å². The van der Waals surface area contributed by atoms with Crippen LogP contribution in [0.25, 0.3) is 10.4 Å². The molecule has 1 amide bonds. The van der Waals surface area contributed by atoms with Gasteiger partial charge in [0, 0.05) is 17.0 Å². The fourth-order valence-electron chi connectivity index (χ4n) is 1.08. The highest BCUT2D eigenvalue weighted by Gasteiger charge is 2.05. The first-order valence-electron chi connectivity index (χ1n) is 3.98. The molecule has 0 spiro atoms. The van der Waals surface area contributed by atoms with E-state index < -0.39 is 5.91 Å². The second-order valence-electron chi connectivity index (χ2n) is 2.57. The van der Waals surface area contributed by atoms with Crippen LogP contribution in [0.2, 0.25) is 0 Å². The molecule has 0 aromatic heterocycles. The summed E-state index contributed by atoms with van der Waals surface area (Å²) in [6.07, 6.45) is 1.65. The van der Waals surface area contributed by atoms with Crippen LogP contribution in [-0.2, 0) is 0 Å². The maximum atomic E-state index is 11.0. The molecule has 0 aliphatic carbocycles. The Bertz CT molecular complexity index is 382. The topological polar surface area (TPSA) is 91.8 Å². The fraction of sp³-hybridized carbons (Fsp3) is 0.111. The van der Waals surface area contributed by atoms with Gasteiger partial charge in [0.15, 0.2) is 0 Å². The third-order valence-corrected chi connectivity index (χ3v) is 1.68. The molecule has 0 aliphatic heterocycles. The molecular weight excluding hydrogens is 180 g/mol. The number of primary amides is 1. The first-order valence-corrected chi connectivity index (χ1v) is 3.98. The van der Waals surface area contributed by atoms with Crippen molar-refractivity contribution >= 4 is 5.91 Å². The van der Waals surface area contributed by atoms with Crippen molar-refractivity contribution in [2.75, 3.05) is 6.54 Å². The molecule has 1 radical (unpaired) electrons. The summed E-state index contributed by atoms with van der Waals surface area (Å²) in [7, 11) is 0. The summed E-state index contributed by atoms with van der Waals surface area (Å²) in [6.45, 7) is 0.209. The van der Waals surface area contributed by atoms with Crippen LogP contribution >= 0.6 is 0 Å². The van der Waals surface area contributed by atoms with Crippen molar-refractivity contribution in [3.63, 3.8) is 0 Å². The van der Waals surface area contributed by atoms with Gasteiger partial charge in [0.1, 0.15) is 0 Å². The second-order valence-corrected chi connectivity index (χ2v) is 2.57. The molecule has 0 aliphatic rings. The maximum Gasteiger partial charge on any atom is 0.248 e. The average Bonchev–Trinajstić information content (AvgIpc) is 2.19. The van der Waals surface area contributed by atoms with Crippen molar-refractivity contribution in [2.24, 2.45) is 10.8 Å². The molecule has 0 heterocycles. The van der Waals surface area contributed by atoms with E-state index in [2.05, 4.69) is 10.0 Å². The Labute approximate surface area is 81.2 Å². The molecule has 0 unspecified atom stereocenters. The molecule has 1 rings (SSSR count). The Balaban J connectivity index is 2.84. The van der Waals surface area contributed by atoms with Gasteiger partial charge in [-0.3, -0.25) is 4.79 Å². The third-order valence-electron chi connectivity index (χ3n) is 1.68. The number of benzene rings is 1. The van der Waals surface area contributed by atoms with E-state index in [1.165, 1.54) is 0 Å². The molecule has 0 fully saturated rings. The second kappa shape index (κ2) is 4.89. The van der Waals surface area contributed by atoms with Crippen LogP contribution in [0, 0.1) is 6.42 Å². The van der Waals surface area contributed by atoms with E-state index in [1.807, 2.05) is 0 Å². The molecule has 1 aromatic carbocycles. The van der Waals surface area contributed by atoms with Crippen LogP contribution in [0.3, 0.4) is 0 Å². The summed E-state index contributed by atoms with van der Waals surface area (Å²) in [4.78, 5) is 13.6. The highest BCUT2D eigenvalue weighted by Crippen LogP contribution is 2.10. The van der Waals surface area contributed by atoms with Gasteiger partial charge >= 0.3 is 0 Å². The number of nitrogens with two attached hydrogens (primary N) is 1. The SMILES string of the molecule is [N-]=[N+]=NC[CH]c1ccccc1C(N)=O. The quantitative estimate of drug-likeness (QED) is 0.435. The van der Waals surface area contributed by atoms with Crippen molar-refractivity contribution in [3.05, 3.63) is 52.3 Å². The van der Waals surface area contributed by atoms with Crippen molar-refractivity contribution in [3.8, 4) is 0 Å². The van der Waals surface area contributed by atoms with Crippen molar-refractivity contribution in [2.45, 2.75) is 0 Å². The first kappa shape index (κ1) is 10.1. The van der Waals surface area contributed by atoms with Crippen molar-refractivity contribution in [1.29, 1.82) is 0 Å². The molecule has 1 aromatic rings. The van der Waals surface area contributed by atoms with Gasteiger partial charge in [-0.1, -0.05) is 23.3 Å². The number of rotatable bonds is 4. The van der Waals surface area contributed by atoms with Gasteiger partial charge in [0.2, 0.25) is 5.91 Å². The Morgan fingerprint density at radius 3 is 2.93 bits per heavy atom. The molecule has 5 nitrogen and oxygen atoms in total. The van der Waals surface area contributed by atoms with Crippen LogP contribution in [0.1, 0.15) is 15.9 Å². The first-order chi connectivity index (χ1) is 6.75. The lowest BCUT2D eigenvalue weighted by Crippen LogP contribution is -2.13. The largest absolute Gasteiger partial charge is 0.366 e. The zero-order valence-electron chi connectivity index (χ0n) is 7.42. The molecule has 0 atom stereocenters. The number of hydrogen-bond acceptors (Lipinski definition) is 2. The smallest absolute Gasteiger partial charge is 0.248 e. The van der Waals surface area contributed by atoms with Crippen molar-refractivity contribution < 1.29 is 4.79 Å². The molecule has 0 saturated carbocycles. The Morgan fingerprint density at radius 2 is 2.29 bits per heavy atom. The van der Waals surface area contributed by atoms with Crippen LogP contribution < -0.4 is 5.73 Å². The summed E-state index contributed by atoms with van der Waals surface area (Å²) in [5.41, 5.74) is 14.3. The van der Waals surface area contributed by atoms with E-state index in [4.69, 9.17) is 11.3 Å². The predicted molar refractivity (Wildman–Crippen MR) is 52.4 cm³/mol. The number of carbonyl (C=O) groups is 1. The van der Waals surface area contributed by atoms with E-state index in [0.717, 1.165) is 0 Å². The number of nitrogens with zero attached hydrogens (tertiary/aromatic N) is 3. The zero-order chi connectivity index (χ0) is 10.4. The summed E-state index contributed by atoms with van der Waals surface area (Å²) in [6, 6.07) is 6.89. The van der Waals surface area contributed by atoms with E-state index in [1.54, 1.807) is 30.7 Å². The minimum atomic E-state index is -0.488. The van der Waals surface area contributed by atoms with Gasteiger partial charge in [-0.15, -0.1) is 0 Å². The van der Waals surface area contributed by atoms with Gasteiger partial charge in [0.05, 0.1) is 0 Å². The van der Waals surface area contributed by atoms with E-state index in [0.29, 0.717) is 11.1 Å². The predicted octanol–water partition coefficient (Wildman–Crippen LogP) is 1.65. The monoisotopic (exact) mass is 189 g/mol. The van der Waals surface area contributed by atoms with Gasteiger partial charge in [0.25, 0.3) is 0 Å². The van der Waals surface area contributed by atoms with E-state index in [-0.39, 0.29) is 6.54 Å². The average molecular weight is 189 g/mol. The van der Waals surface area contributed by atoms with Gasteiger partial charge < -0.3 is 5.73 Å². The lowest BCUT2D eigenvalue weighted by Gasteiger charge is -2.02. The Morgan fingerprint density at radius 1 is 1.57 bits per heavy atom. The number of azide groups is 1. The van der Waals surface area contributed by atoms with Crippen LogP contribution in [0.15, 0.2) is 29.4 Å². The maximum absolute atomic E-state index is 11.0. The van der Waals surface area contributed by atoms with Crippen LogP contribution in [0.4, 0.5) is 0 Å². The molecule has 0 saturated heterocycles. The van der Waals surface area contributed by atoms with Crippen LogP contribution in [0.5, 0.6) is 0 Å². The number of carbonyl (C=O) groups excluding carboxylic acids is 1. The van der Waals surface area contributed by atoms with Crippen LogP contribution in [-0.4, -0.2) is 12.5 Å². The summed E-state index contributed by atoms with van der Waals surface area (Å²) >= 11 is 0. The van der Waals surface area contributed by atoms with Gasteiger partial charge in [-0.25, -0.2) is 0 Å². The highest BCUT2D eigenvalue weighted by molar-refractivity contribution is 5.94. The summed E-state index contributed by atoms with van der Waals surface area (Å²) in [5, 5.41) is 3.34. The molecule has 14 heavy (non-hydrogen) atoms. The summed E-state index contributed by atoms with van der Waals surface area (Å²) < 4.78 is 0. The standard InChI is InChI=1S/C9H9N4O/c10-9(14)8-4-2-1-3-7(8)5-6-12-13-11/h1-5H,6H2,(H2,10,14). The van der Waals surface area contributed by atoms with E-state index >= 15 is 0 Å². The lowest BCUT2D eigenvalue weighted by atomic mass is 10.0. The lowest BCUT2D eigenvalue weighted by molar-refractivity contribution is 0.1000. The minimum Gasteiger partial charge on any atom is -0.366 e. The number of amides is 1. The molecule has 5 heteroatoms. The van der Waals surface area contributed by atoms with Gasteiger partial charge in [-0.05, 0) is 23.6 Å². The van der Waals surface area contributed by atoms with E-state index in [9.17, 15) is 4.79 Å². The normalized spacial score (nSPS) is 9.14. The highest BCUT2D eigenvalue weighted by atomic mass is 16.1. The number of hydrogen-bond donors (Lipinski definition) is 1. The molecule has 0 bridgehead atoms. The molecule has 71 valence electrons. The minimum absolute atomic E-state index is 0.209. The Hall–Kier alpha value is -2.00. The Kier molecular flexibility index (Phi) is 3.52. The third kappa shape index (κ3) is 2.50.